The van der Waals surface area contributed by atoms with Gasteiger partial charge in [-0.2, -0.15) is 0 Å². The summed E-state index contributed by atoms with van der Waals surface area (Å²) in [5.74, 6) is 0.540. The summed E-state index contributed by atoms with van der Waals surface area (Å²) in [6, 6.07) is 11.3. The van der Waals surface area contributed by atoms with Crippen molar-refractivity contribution in [2.45, 2.75) is 0 Å². The number of thioether (sulfide) groups is 1. The van der Waals surface area contributed by atoms with Gasteiger partial charge in [0.15, 0.2) is 11.5 Å². The molecule has 1 aliphatic rings. The molecule has 0 saturated carbocycles. The summed E-state index contributed by atoms with van der Waals surface area (Å²) in [4.78, 5) is 26.2. The summed E-state index contributed by atoms with van der Waals surface area (Å²) >= 11 is 0.831. The molecule has 2 aromatic rings. The van der Waals surface area contributed by atoms with Gasteiger partial charge in [0.05, 0.1) is 24.8 Å². The average Bonchev–Trinajstić information content (AvgIpc) is 2.88. The lowest BCUT2D eigenvalue weighted by Gasteiger charge is -2.12. The molecule has 0 aromatic heterocycles. The Morgan fingerprint density at radius 3 is 2.52 bits per heavy atom. The van der Waals surface area contributed by atoms with Crippen molar-refractivity contribution in [1.29, 1.82) is 0 Å². The van der Waals surface area contributed by atoms with E-state index in [2.05, 4.69) is 0 Å². The lowest BCUT2D eigenvalue weighted by molar-refractivity contribution is -0.113. The summed E-state index contributed by atoms with van der Waals surface area (Å²) < 4.78 is 10.6. The van der Waals surface area contributed by atoms with Gasteiger partial charge in [-0.1, -0.05) is 18.2 Å². The van der Waals surface area contributed by atoms with Gasteiger partial charge in [0.25, 0.3) is 11.1 Å². The van der Waals surface area contributed by atoms with Crippen LogP contribution < -0.4 is 14.4 Å². The maximum atomic E-state index is 12.6. The van der Waals surface area contributed by atoms with Crippen LogP contribution in [0.25, 0.3) is 6.08 Å². The number of anilines is 1. The monoisotopic (exact) mass is 357 g/mol. The molecule has 6 nitrogen and oxygen atoms in total. The van der Waals surface area contributed by atoms with Crippen LogP contribution in [0.1, 0.15) is 5.56 Å². The summed E-state index contributed by atoms with van der Waals surface area (Å²) in [7, 11) is 3.03. The number of hydrogen-bond donors (Lipinski definition) is 1. The predicted octanol–water partition coefficient (Wildman–Crippen LogP) is 3.65. The van der Waals surface area contributed by atoms with Crippen LogP contribution in [-0.4, -0.2) is 30.5 Å². The predicted molar refractivity (Wildman–Crippen MR) is 96.1 cm³/mol. The Bertz CT molecular complexity index is 878. The number of amides is 2. The Hall–Kier alpha value is -2.93. The minimum absolute atomic E-state index is 0.0185. The highest BCUT2D eigenvalue weighted by Crippen LogP contribution is 2.39. The van der Waals surface area contributed by atoms with E-state index in [9.17, 15) is 14.7 Å². The zero-order valence-electron chi connectivity index (χ0n) is 13.6. The quantitative estimate of drug-likeness (QED) is 0.842. The molecular weight excluding hydrogens is 342 g/mol. The maximum Gasteiger partial charge on any atom is 0.298 e. The third-order valence-electron chi connectivity index (χ3n) is 3.60. The number of para-hydroxylation sites is 1. The molecule has 3 rings (SSSR count). The Morgan fingerprint density at radius 1 is 1.08 bits per heavy atom. The van der Waals surface area contributed by atoms with Crippen LogP contribution in [0.2, 0.25) is 0 Å². The maximum absolute atomic E-state index is 12.6. The van der Waals surface area contributed by atoms with Gasteiger partial charge in [-0.25, -0.2) is 4.90 Å². The van der Waals surface area contributed by atoms with Crippen LogP contribution in [-0.2, 0) is 4.79 Å². The highest BCUT2D eigenvalue weighted by Gasteiger charge is 2.36. The first kappa shape index (κ1) is 16.9. The number of phenolic OH excluding ortho intramolecular Hbond substituents is 1. The first-order valence-corrected chi connectivity index (χ1v) is 8.14. The van der Waals surface area contributed by atoms with Crippen LogP contribution in [0.15, 0.2) is 47.4 Å². The van der Waals surface area contributed by atoms with E-state index >= 15 is 0 Å². The standard InChI is InChI=1S/C18H15NO5S/c1-23-14-8-3-5-11(16(14)24-2)9-15-17(21)19(18(22)25-15)12-6-4-7-13(20)10-12/h3-10,20H,1-2H3. The zero-order chi connectivity index (χ0) is 18.0. The van der Waals surface area contributed by atoms with Crippen molar-refractivity contribution in [3.8, 4) is 17.2 Å². The molecular formula is C18H15NO5S. The van der Waals surface area contributed by atoms with Crippen molar-refractivity contribution in [1.82, 2.24) is 0 Å². The normalized spacial score (nSPS) is 15.8. The van der Waals surface area contributed by atoms with E-state index in [1.54, 1.807) is 36.4 Å². The van der Waals surface area contributed by atoms with Gasteiger partial charge in [-0.05, 0) is 36.0 Å². The first-order chi connectivity index (χ1) is 12.0. The van der Waals surface area contributed by atoms with Crippen molar-refractivity contribution in [3.05, 3.63) is 52.9 Å². The van der Waals surface area contributed by atoms with Gasteiger partial charge in [0.1, 0.15) is 5.75 Å². The minimum atomic E-state index is -0.453. The van der Waals surface area contributed by atoms with Crippen molar-refractivity contribution in [3.63, 3.8) is 0 Å². The van der Waals surface area contributed by atoms with Crippen LogP contribution in [0.3, 0.4) is 0 Å². The summed E-state index contributed by atoms with van der Waals surface area (Å²) in [6.07, 6.45) is 1.59. The topological polar surface area (TPSA) is 76.1 Å². The number of ether oxygens (including phenoxy) is 2. The van der Waals surface area contributed by atoms with E-state index in [0.717, 1.165) is 16.7 Å². The number of phenols is 1. The van der Waals surface area contributed by atoms with E-state index in [1.807, 2.05) is 0 Å². The molecule has 1 saturated heterocycles. The molecule has 7 heteroatoms. The minimum Gasteiger partial charge on any atom is -0.508 e. The van der Waals surface area contributed by atoms with Gasteiger partial charge in [-0.15, -0.1) is 0 Å². The van der Waals surface area contributed by atoms with Crippen molar-refractivity contribution in [2.75, 3.05) is 19.1 Å². The fourth-order valence-electron chi connectivity index (χ4n) is 2.49. The lowest BCUT2D eigenvalue weighted by Crippen LogP contribution is -2.27. The SMILES string of the molecule is COc1cccc(C=C2SC(=O)N(c3cccc(O)c3)C2=O)c1OC. The molecule has 128 valence electrons. The molecule has 0 spiro atoms. The molecule has 0 aliphatic carbocycles. The van der Waals surface area contributed by atoms with Crippen LogP contribution in [0.4, 0.5) is 10.5 Å². The van der Waals surface area contributed by atoms with E-state index < -0.39 is 11.1 Å². The van der Waals surface area contributed by atoms with Crippen LogP contribution >= 0.6 is 11.8 Å². The number of carbonyl (C=O) groups is 2. The van der Waals surface area contributed by atoms with E-state index in [1.165, 1.54) is 26.4 Å². The molecule has 25 heavy (non-hydrogen) atoms. The molecule has 1 fully saturated rings. The number of benzene rings is 2. The van der Waals surface area contributed by atoms with E-state index in [0.29, 0.717) is 22.7 Å². The molecule has 0 bridgehead atoms. The first-order valence-electron chi connectivity index (χ1n) is 7.33. The number of methoxy groups -OCH3 is 2. The molecule has 0 atom stereocenters. The Kier molecular flexibility index (Phi) is 4.67. The molecule has 1 heterocycles. The summed E-state index contributed by atoms with van der Waals surface area (Å²) in [6.45, 7) is 0. The Balaban J connectivity index is 1.99. The average molecular weight is 357 g/mol. The van der Waals surface area contributed by atoms with Crippen molar-refractivity contribution in [2.24, 2.45) is 0 Å². The number of nitrogens with zero attached hydrogens (tertiary/aromatic N) is 1. The molecule has 1 N–H and O–H groups in total. The van der Waals surface area contributed by atoms with Gasteiger partial charge < -0.3 is 14.6 Å². The van der Waals surface area contributed by atoms with Crippen LogP contribution in [0, 0.1) is 0 Å². The molecule has 0 unspecified atom stereocenters. The lowest BCUT2D eigenvalue weighted by atomic mass is 10.1. The van der Waals surface area contributed by atoms with Crippen molar-refractivity contribution < 1.29 is 24.2 Å². The second-order valence-electron chi connectivity index (χ2n) is 5.12. The second kappa shape index (κ2) is 6.90. The smallest absolute Gasteiger partial charge is 0.298 e. The number of imide groups is 1. The van der Waals surface area contributed by atoms with Gasteiger partial charge in [-0.3, -0.25) is 9.59 Å². The van der Waals surface area contributed by atoms with Gasteiger partial charge in [0.2, 0.25) is 0 Å². The molecule has 0 radical (unpaired) electrons. The highest BCUT2D eigenvalue weighted by molar-refractivity contribution is 8.19. The van der Waals surface area contributed by atoms with E-state index in [4.69, 9.17) is 9.47 Å². The third kappa shape index (κ3) is 3.18. The van der Waals surface area contributed by atoms with Gasteiger partial charge in [0, 0.05) is 11.6 Å². The number of rotatable bonds is 4. The molecule has 2 aromatic carbocycles. The molecule has 1 aliphatic heterocycles. The molecule has 2 amide bonds. The van der Waals surface area contributed by atoms with Gasteiger partial charge >= 0.3 is 0 Å². The largest absolute Gasteiger partial charge is 0.508 e. The number of hydrogen-bond acceptors (Lipinski definition) is 6. The summed E-state index contributed by atoms with van der Waals surface area (Å²) in [5.41, 5.74) is 0.951. The van der Waals surface area contributed by atoms with E-state index in [-0.39, 0.29) is 10.7 Å². The Labute approximate surface area is 148 Å². The van der Waals surface area contributed by atoms with Crippen molar-refractivity contribution >= 4 is 34.7 Å². The fourth-order valence-corrected chi connectivity index (χ4v) is 3.32. The third-order valence-corrected chi connectivity index (χ3v) is 4.47. The van der Waals surface area contributed by atoms with Crippen LogP contribution in [0.5, 0.6) is 17.2 Å². The number of aromatic hydroxyl groups is 1. The summed E-state index contributed by atoms with van der Waals surface area (Å²) in [5, 5.41) is 9.14. The highest BCUT2D eigenvalue weighted by atomic mass is 32.2. The Morgan fingerprint density at radius 2 is 1.84 bits per heavy atom. The fraction of sp³-hybridized carbons (Fsp3) is 0.111. The number of carbonyl (C=O) groups excluding carboxylic acids is 2. The second-order valence-corrected chi connectivity index (χ2v) is 6.11. The zero-order valence-corrected chi connectivity index (χ0v) is 14.4.